The number of halogens is 1. The van der Waals surface area contributed by atoms with Crippen LogP contribution in [0.5, 0.6) is 0 Å². The zero-order valence-corrected chi connectivity index (χ0v) is 9.14. The van der Waals surface area contributed by atoms with Crippen molar-refractivity contribution in [1.82, 2.24) is 0 Å². The van der Waals surface area contributed by atoms with Gasteiger partial charge in [0.1, 0.15) is 0 Å². The van der Waals surface area contributed by atoms with Gasteiger partial charge in [-0.15, -0.1) is 11.3 Å². The molecule has 2 N–H and O–H groups in total. The van der Waals surface area contributed by atoms with Gasteiger partial charge in [-0.2, -0.15) is 0 Å². The number of aliphatic hydroxyl groups excluding tert-OH is 1. The zero-order valence-electron chi connectivity index (χ0n) is 6.74. The summed E-state index contributed by atoms with van der Waals surface area (Å²) in [6.07, 6.45) is -0.397. The van der Waals surface area contributed by atoms with Crippen molar-refractivity contribution in [3.63, 3.8) is 0 Å². The SMILES string of the molecule is O=C(O)CCC(O)c1cc(Br)cs1. The smallest absolute Gasteiger partial charge is 0.303 e. The summed E-state index contributed by atoms with van der Waals surface area (Å²) in [6, 6.07) is 1.80. The molecule has 0 bridgehead atoms. The van der Waals surface area contributed by atoms with E-state index in [1.54, 1.807) is 6.07 Å². The fraction of sp³-hybridized carbons (Fsp3) is 0.375. The Morgan fingerprint density at radius 1 is 1.69 bits per heavy atom. The molecule has 3 nitrogen and oxygen atoms in total. The molecule has 0 saturated heterocycles. The first-order chi connectivity index (χ1) is 6.09. The first-order valence-electron chi connectivity index (χ1n) is 3.73. The average Bonchev–Trinajstić information content (AvgIpc) is 2.47. The highest BCUT2D eigenvalue weighted by molar-refractivity contribution is 9.10. The first-order valence-corrected chi connectivity index (χ1v) is 5.40. The van der Waals surface area contributed by atoms with E-state index in [1.807, 2.05) is 5.38 Å². The maximum absolute atomic E-state index is 10.2. The zero-order chi connectivity index (χ0) is 9.84. The monoisotopic (exact) mass is 264 g/mol. The van der Waals surface area contributed by atoms with Crippen LogP contribution in [0.25, 0.3) is 0 Å². The lowest BCUT2D eigenvalue weighted by molar-refractivity contribution is -0.137. The maximum atomic E-state index is 10.2. The van der Waals surface area contributed by atoms with Crippen LogP contribution in [0.1, 0.15) is 23.8 Å². The van der Waals surface area contributed by atoms with E-state index in [4.69, 9.17) is 5.11 Å². The Labute approximate surface area is 88.1 Å². The van der Waals surface area contributed by atoms with Crippen molar-refractivity contribution in [3.05, 3.63) is 20.8 Å². The van der Waals surface area contributed by atoms with Gasteiger partial charge in [0, 0.05) is 21.2 Å². The lowest BCUT2D eigenvalue weighted by atomic mass is 10.2. The second kappa shape index (κ2) is 4.74. The summed E-state index contributed by atoms with van der Waals surface area (Å²) in [5.74, 6) is -0.880. The summed E-state index contributed by atoms with van der Waals surface area (Å²) in [5.41, 5.74) is 0. The van der Waals surface area contributed by atoms with Crippen LogP contribution >= 0.6 is 27.3 Å². The molecule has 0 spiro atoms. The van der Waals surface area contributed by atoms with Crippen LogP contribution in [-0.4, -0.2) is 16.2 Å². The standard InChI is InChI=1S/C8H9BrO3S/c9-5-3-7(13-4-5)6(10)1-2-8(11)12/h3-4,6,10H,1-2H2,(H,11,12). The number of aliphatic hydroxyl groups is 1. The third-order valence-electron chi connectivity index (χ3n) is 1.55. The van der Waals surface area contributed by atoms with Gasteiger partial charge in [-0.05, 0) is 28.4 Å². The van der Waals surface area contributed by atoms with Crippen molar-refractivity contribution in [2.75, 3.05) is 0 Å². The summed E-state index contributed by atoms with van der Waals surface area (Å²) < 4.78 is 0.918. The van der Waals surface area contributed by atoms with E-state index in [2.05, 4.69) is 15.9 Å². The van der Waals surface area contributed by atoms with Crippen molar-refractivity contribution in [2.45, 2.75) is 18.9 Å². The number of hydrogen-bond donors (Lipinski definition) is 2. The third-order valence-corrected chi connectivity index (χ3v) is 3.34. The molecule has 1 aromatic heterocycles. The lowest BCUT2D eigenvalue weighted by Gasteiger charge is -2.04. The van der Waals surface area contributed by atoms with Crippen molar-refractivity contribution < 1.29 is 15.0 Å². The summed E-state index contributed by atoms with van der Waals surface area (Å²) in [7, 11) is 0. The highest BCUT2D eigenvalue weighted by Crippen LogP contribution is 2.27. The molecule has 0 radical (unpaired) electrons. The topological polar surface area (TPSA) is 57.5 Å². The van der Waals surface area contributed by atoms with Gasteiger partial charge in [0.15, 0.2) is 0 Å². The highest BCUT2D eigenvalue weighted by atomic mass is 79.9. The predicted octanol–water partition coefficient (Wildman–Crippen LogP) is 2.41. The average molecular weight is 265 g/mol. The van der Waals surface area contributed by atoms with E-state index >= 15 is 0 Å². The Kier molecular flexibility index (Phi) is 3.90. The fourth-order valence-corrected chi connectivity index (χ4v) is 2.37. The molecule has 13 heavy (non-hydrogen) atoms. The Bertz CT molecular complexity index is 297. The molecule has 0 saturated carbocycles. The van der Waals surface area contributed by atoms with Crippen LogP contribution in [0.2, 0.25) is 0 Å². The summed E-state index contributed by atoms with van der Waals surface area (Å²) >= 11 is 4.68. The van der Waals surface area contributed by atoms with Crippen molar-refractivity contribution in [2.24, 2.45) is 0 Å². The van der Waals surface area contributed by atoms with Gasteiger partial charge >= 0.3 is 5.97 Å². The summed E-state index contributed by atoms with van der Waals surface area (Å²) in [6.45, 7) is 0. The van der Waals surface area contributed by atoms with E-state index in [1.165, 1.54) is 11.3 Å². The number of carboxylic acid groups (broad SMARTS) is 1. The first kappa shape index (κ1) is 10.7. The van der Waals surface area contributed by atoms with Gasteiger partial charge in [0.05, 0.1) is 6.10 Å². The minimum absolute atomic E-state index is 0.00329. The van der Waals surface area contributed by atoms with E-state index in [-0.39, 0.29) is 12.8 Å². The normalized spacial score (nSPS) is 12.8. The molecule has 1 aromatic rings. The molecule has 5 heteroatoms. The number of carbonyl (C=O) groups is 1. The van der Waals surface area contributed by atoms with E-state index < -0.39 is 12.1 Å². The fourth-order valence-electron chi connectivity index (χ4n) is 0.905. The molecule has 0 aliphatic heterocycles. The molecule has 1 unspecified atom stereocenters. The minimum Gasteiger partial charge on any atom is -0.481 e. The molecule has 1 heterocycles. The van der Waals surface area contributed by atoms with Gasteiger partial charge in [0.2, 0.25) is 0 Å². The number of rotatable bonds is 4. The van der Waals surface area contributed by atoms with Gasteiger partial charge in [-0.1, -0.05) is 0 Å². The summed E-state index contributed by atoms with van der Waals surface area (Å²) in [5, 5.41) is 19.8. The second-order valence-corrected chi connectivity index (χ2v) is 4.47. The molecule has 0 fully saturated rings. The Morgan fingerprint density at radius 2 is 2.38 bits per heavy atom. The maximum Gasteiger partial charge on any atom is 0.303 e. The molecule has 0 aromatic carbocycles. The molecule has 1 atom stereocenters. The lowest BCUT2D eigenvalue weighted by Crippen LogP contribution is -2.00. The van der Waals surface area contributed by atoms with Crippen molar-refractivity contribution in [1.29, 1.82) is 0 Å². The van der Waals surface area contributed by atoms with Gasteiger partial charge in [0.25, 0.3) is 0 Å². The minimum atomic E-state index is -0.880. The molecule has 1 rings (SSSR count). The van der Waals surface area contributed by atoms with Crippen molar-refractivity contribution >= 4 is 33.2 Å². The molecular formula is C8H9BrO3S. The Morgan fingerprint density at radius 3 is 2.85 bits per heavy atom. The van der Waals surface area contributed by atoms with Crippen molar-refractivity contribution in [3.8, 4) is 0 Å². The van der Waals surface area contributed by atoms with Crippen LogP contribution in [0.3, 0.4) is 0 Å². The Balaban J connectivity index is 2.48. The molecule has 0 aliphatic carbocycles. The molecule has 0 aliphatic rings. The quantitative estimate of drug-likeness (QED) is 0.878. The van der Waals surface area contributed by atoms with Crippen LogP contribution in [0.4, 0.5) is 0 Å². The largest absolute Gasteiger partial charge is 0.481 e. The van der Waals surface area contributed by atoms with Gasteiger partial charge in [-0.25, -0.2) is 0 Å². The summed E-state index contributed by atoms with van der Waals surface area (Å²) in [4.78, 5) is 11.0. The molecular weight excluding hydrogens is 256 g/mol. The van der Waals surface area contributed by atoms with Crippen LogP contribution in [0.15, 0.2) is 15.9 Å². The number of carboxylic acids is 1. The van der Waals surface area contributed by atoms with E-state index in [0.717, 1.165) is 9.35 Å². The predicted molar refractivity (Wildman–Crippen MR) is 53.8 cm³/mol. The van der Waals surface area contributed by atoms with Gasteiger partial charge in [-0.3, -0.25) is 4.79 Å². The van der Waals surface area contributed by atoms with E-state index in [9.17, 15) is 9.90 Å². The highest BCUT2D eigenvalue weighted by Gasteiger charge is 2.11. The third kappa shape index (κ3) is 3.46. The van der Waals surface area contributed by atoms with Crippen LogP contribution in [0, 0.1) is 0 Å². The molecule has 72 valence electrons. The van der Waals surface area contributed by atoms with Gasteiger partial charge < -0.3 is 10.2 Å². The number of aliphatic carboxylic acids is 1. The van der Waals surface area contributed by atoms with E-state index in [0.29, 0.717) is 0 Å². The number of thiophene rings is 1. The Hall–Kier alpha value is -0.390. The second-order valence-electron chi connectivity index (χ2n) is 2.62. The molecule has 0 amide bonds. The number of hydrogen-bond acceptors (Lipinski definition) is 3. The van der Waals surface area contributed by atoms with Crippen LogP contribution in [-0.2, 0) is 4.79 Å². The van der Waals surface area contributed by atoms with Crippen LogP contribution < -0.4 is 0 Å².